The summed E-state index contributed by atoms with van der Waals surface area (Å²) in [6, 6.07) is 14.5. The number of nitrogens with one attached hydrogen (secondary N) is 1. The molecular weight excluding hydrogens is 304 g/mol. The van der Waals surface area contributed by atoms with Crippen molar-refractivity contribution in [3.63, 3.8) is 0 Å². The molecule has 3 N–H and O–H groups in total. The number of carbonyl (C=O) groups is 2. The molecule has 0 aliphatic carbocycles. The molecule has 0 aliphatic rings. The molecule has 0 saturated heterocycles. The molecule has 0 saturated carbocycles. The van der Waals surface area contributed by atoms with Gasteiger partial charge in [0.2, 0.25) is 11.8 Å². The van der Waals surface area contributed by atoms with Gasteiger partial charge in [0, 0.05) is 11.8 Å². The van der Waals surface area contributed by atoms with E-state index in [9.17, 15) is 9.59 Å². The Balaban J connectivity index is 1.91. The quantitative estimate of drug-likeness (QED) is 0.768. The van der Waals surface area contributed by atoms with Crippen LogP contribution in [-0.4, -0.2) is 18.4 Å². The first kappa shape index (κ1) is 17.3. The molecule has 0 radical (unpaired) electrons. The molecule has 24 heavy (non-hydrogen) atoms. The number of hydrogen-bond acceptors (Lipinski definition) is 3. The van der Waals surface area contributed by atoms with Crippen LogP contribution >= 0.6 is 0 Å². The zero-order valence-electron chi connectivity index (χ0n) is 13.5. The van der Waals surface area contributed by atoms with E-state index in [-0.39, 0.29) is 18.2 Å². The first-order valence-corrected chi connectivity index (χ1v) is 7.66. The van der Waals surface area contributed by atoms with E-state index in [1.165, 1.54) is 6.08 Å². The van der Waals surface area contributed by atoms with Crippen molar-refractivity contribution in [2.75, 3.05) is 11.9 Å². The number of primary amides is 1. The lowest BCUT2D eigenvalue weighted by atomic mass is 10.1. The van der Waals surface area contributed by atoms with Crippen molar-refractivity contribution >= 4 is 23.6 Å². The van der Waals surface area contributed by atoms with Gasteiger partial charge in [0.15, 0.2) is 0 Å². The lowest BCUT2D eigenvalue weighted by molar-refractivity contribution is -0.117. The molecule has 124 valence electrons. The second kappa shape index (κ2) is 8.53. The van der Waals surface area contributed by atoms with Crippen LogP contribution in [0.2, 0.25) is 0 Å². The summed E-state index contributed by atoms with van der Waals surface area (Å²) in [6.07, 6.45) is 3.38. The summed E-state index contributed by atoms with van der Waals surface area (Å²) >= 11 is 0. The highest BCUT2D eigenvalue weighted by Crippen LogP contribution is 2.14. The van der Waals surface area contributed by atoms with Crippen molar-refractivity contribution in [2.45, 2.75) is 13.3 Å². The SMILES string of the molecule is CCOc1ccc(/C=C/C(=O)Nc2ccc(CC(N)=O)cc2)cc1. The topological polar surface area (TPSA) is 81.4 Å². The molecule has 0 atom stereocenters. The van der Waals surface area contributed by atoms with Gasteiger partial charge in [-0.1, -0.05) is 24.3 Å². The maximum atomic E-state index is 11.9. The minimum Gasteiger partial charge on any atom is -0.494 e. The summed E-state index contributed by atoms with van der Waals surface area (Å²) in [5.41, 5.74) is 7.51. The fraction of sp³-hybridized carbons (Fsp3) is 0.158. The molecule has 2 rings (SSSR count). The molecule has 5 nitrogen and oxygen atoms in total. The summed E-state index contributed by atoms with van der Waals surface area (Å²) in [4.78, 5) is 22.8. The summed E-state index contributed by atoms with van der Waals surface area (Å²) in [6.45, 7) is 2.55. The van der Waals surface area contributed by atoms with Crippen LogP contribution in [0.3, 0.4) is 0 Å². The Morgan fingerprint density at radius 1 is 1.08 bits per heavy atom. The summed E-state index contributed by atoms with van der Waals surface area (Å²) in [5.74, 6) is 0.187. The molecule has 2 aromatic rings. The zero-order chi connectivity index (χ0) is 17.4. The molecule has 0 heterocycles. The third-order valence-corrected chi connectivity index (χ3v) is 3.22. The van der Waals surface area contributed by atoms with Gasteiger partial charge in [-0.05, 0) is 48.4 Å². The average Bonchev–Trinajstić information content (AvgIpc) is 2.56. The number of ether oxygens (including phenoxy) is 1. The predicted molar refractivity (Wildman–Crippen MR) is 94.6 cm³/mol. The third kappa shape index (κ3) is 5.61. The van der Waals surface area contributed by atoms with Gasteiger partial charge in [-0.3, -0.25) is 9.59 Å². The van der Waals surface area contributed by atoms with E-state index in [1.54, 1.807) is 30.3 Å². The van der Waals surface area contributed by atoms with Crippen LogP contribution in [0.1, 0.15) is 18.1 Å². The summed E-state index contributed by atoms with van der Waals surface area (Å²) in [7, 11) is 0. The monoisotopic (exact) mass is 324 g/mol. The predicted octanol–water partition coefficient (Wildman–Crippen LogP) is 2.77. The van der Waals surface area contributed by atoms with Crippen LogP contribution in [0.25, 0.3) is 6.08 Å². The molecular formula is C19H20N2O3. The molecule has 0 bridgehead atoms. The number of rotatable bonds is 7. The van der Waals surface area contributed by atoms with Crippen molar-refractivity contribution < 1.29 is 14.3 Å². The highest BCUT2D eigenvalue weighted by Gasteiger charge is 2.01. The van der Waals surface area contributed by atoms with Crippen LogP contribution in [0.4, 0.5) is 5.69 Å². The highest BCUT2D eigenvalue weighted by atomic mass is 16.5. The van der Waals surface area contributed by atoms with Gasteiger partial charge in [-0.15, -0.1) is 0 Å². The lowest BCUT2D eigenvalue weighted by Gasteiger charge is -2.04. The number of amides is 2. The first-order valence-electron chi connectivity index (χ1n) is 7.66. The fourth-order valence-electron chi connectivity index (χ4n) is 2.10. The number of nitrogens with two attached hydrogens (primary N) is 1. The van der Waals surface area contributed by atoms with E-state index in [1.807, 2.05) is 31.2 Å². The van der Waals surface area contributed by atoms with Crippen molar-refractivity contribution in [3.05, 3.63) is 65.7 Å². The van der Waals surface area contributed by atoms with E-state index in [0.717, 1.165) is 16.9 Å². The molecule has 2 amide bonds. The minimum atomic E-state index is -0.384. The van der Waals surface area contributed by atoms with E-state index >= 15 is 0 Å². The Bertz CT molecular complexity index is 719. The second-order valence-corrected chi connectivity index (χ2v) is 5.16. The van der Waals surface area contributed by atoms with Crippen molar-refractivity contribution in [1.29, 1.82) is 0 Å². The van der Waals surface area contributed by atoms with Crippen LogP contribution in [0.5, 0.6) is 5.75 Å². The van der Waals surface area contributed by atoms with Crippen molar-refractivity contribution in [1.82, 2.24) is 0 Å². The van der Waals surface area contributed by atoms with E-state index in [0.29, 0.717) is 12.3 Å². The van der Waals surface area contributed by atoms with Gasteiger partial charge in [0.25, 0.3) is 0 Å². The van der Waals surface area contributed by atoms with E-state index in [2.05, 4.69) is 5.32 Å². The van der Waals surface area contributed by atoms with E-state index < -0.39 is 0 Å². The highest BCUT2D eigenvalue weighted by molar-refractivity contribution is 6.01. The Morgan fingerprint density at radius 3 is 2.33 bits per heavy atom. The second-order valence-electron chi connectivity index (χ2n) is 5.16. The van der Waals surface area contributed by atoms with Crippen molar-refractivity contribution in [3.8, 4) is 5.75 Å². The number of hydrogen-bond donors (Lipinski definition) is 2. The number of carbonyl (C=O) groups excluding carboxylic acids is 2. The Labute approximate surface area is 141 Å². The average molecular weight is 324 g/mol. The zero-order valence-corrected chi connectivity index (χ0v) is 13.5. The fourth-order valence-corrected chi connectivity index (χ4v) is 2.10. The maximum absolute atomic E-state index is 11.9. The molecule has 0 aliphatic heterocycles. The lowest BCUT2D eigenvalue weighted by Crippen LogP contribution is -2.13. The Morgan fingerprint density at radius 2 is 1.75 bits per heavy atom. The molecule has 0 unspecified atom stereocenters. The summed E-state index contributed by atoms with van der Waals surface area (Å²) in [5, 5.41) is 2.76. The minimum absolute atomic E-state index is 0.186. The van der Waals surface area contributed by atoms with Crippen LogP contribution < -0.4 is 15.8 Å². The third-order valence-electron chi connectivity index (χ3n) is 3.22. The normalized spacial score (nSPS) is 10.5. The Hall–Kier alpha value is -3.08. The molecule has 0 spiro atoms. The van der Waals surface area contributed by atoms with Crippen LogP contribution in [0.15, 0.2) is 54.6 Å². The van der Waals surface area contributed by atoms with Gasteiger partial charge >= 0.3 is 0 Å². The largest absolute Gasteiger partial charge is 0.494 e. The first-order chi connectivity index (χ1) is 11.6. The Kier molecular flexibility index (Phi) is 6.14. The van der Waals surface area contributed by atoms with Gasteiger partial charge in [-0.25, -0.2) is 0 Å². The van der Waals surface area contributed by atoms with Gasteiger partial charge in [0.05, 0.1) is 13.0 Å². The van der Waals surface area contributed by atoms with Gasteiger partial charge in [-0.2, -0.15) is 0 Å². The van der Waals surface area contributed by atoms with Gasteiger partial charge in [0.1, 0.15) is 5.75 Å². The molecule has 0 aromatic heterocycles. The van der Waals surface area contributed by atoms with Crippen LogP contribution in [-0.2, 0) is 16.0 Å². The van der Waals surface area contributed by atoms with Gasteiger partial charge < -0.3 is 15.8 Å². The summed E-state index contributed by atoms with van der Waals surface area (Å²) < 4.78 is 5.37. The molecule has 0 fully saturated rings. The van der Waals surface area contributed by atoms with Crippen LogP contribution in [0, 0.1) is 0 Å². The number of benzene rings is 2. The molecule has 2 aromatic carbocycles. The number of anilines is 1. The van der Waals surface area contributed by atoms with E-state index in [4.69, 9.17) is 10.5 Å². The van der Waals surface area contributed by atoms with Crippen molar-refractivity contribution in [2.24, 2.45) is 5.73 Å². The molecule has 5 heteroatoms. The standard InChI is InChI=1S/C19H20N2O3/c1-2-24-17-10-5-14(6-11-17)7-12-19(23)21-16-8-3-15(4-9-16)13-18(20)22/h3-12H,2,13H2,1H3,(H2,20,22)(H,21,23)/b12-7+. The maximum Gasteiger partial charge on any atom is 0.248 e. The smallest absolute Gasteiger partial charge is 0.248 e.